The van der Waals surface area contributed by atoms with Crippen LogP contribution in [0.15, 0.2) is 36.0 Å². The van der Waals surface area contributed by atoms with Gasteiger partial charge in [0.1, 0.15) is 0 Å². The van der Waals surface area contributed by atoms with Gasteiger partial charge in [-0.2, -0.15) is 0 Å². The summed E-state index contributed by atoms with van der Waals surface area (Å²) in [5, 5.41) is 0. The van der Waals surface area contributed by atoms with E-state index in [9.17, 15) is 28.8 Å². The van der Waals surface area contributed by atoms with Crippen LogP contribution in [0, 0.1) is 5.92 Å². The average Bonchev–Trinajstić information content (AvgIpc) is 3.31. The van der Waals surface area contributed by atoms with E-state index in [1.165, 1.54) is 77.0 Å². The molecule has 67 heavy (non-hydrogen) atoms. The number of unbranched alkanes of at least 4 members (excludes halogenated alkanes) is 26. The zero-order chi connectivity index (χ0) is 49.4. The fraction of sp³-hybridized carbons (Fsp3) is 0.778. The van der Waals surface area contributed by atoms with Crippen molar-refractivity contribution in [2.75, 3.05) is 19.8 Å². The summed E-state index contributed by atoms with van der Waals surface area (Å²) in [7, 11) is 0. The molecule has 0 rings (SSSR count). The molecular weight excluding hydrogens is 959 g/mol. The molecule has 0 spiro atoms. The first kappa shape index (κ1) is 63.8. The minimum absolute atomic E-state index is 0.177. The summed E-state index contributed by atoms with van der Waals surface area (Å²) in [4.78, 5) is 78.1. The molecule has 0 aliphatic rings. The first-order valence-corrected chi connectivity index (χ1v) is 30.2. The third kappa shape index (κ3) is 41.5. The van der Waals surface area contributed by atoms with E-state index < -0.39 is 56.8 Å². The van der Waals surface area contributed by atoms with Crippen LogP contribution in [0.25, 0.3) is 0 Å². The van der Waals surface area contributed by atoms with Gasteiger partial charge in [-0.1, -0.05) is 78.6 Å². The first-order chi connectivity index (χ1) is 32.6. The van der Waals surface area contributed by atoms with Crippen molar-refractivity contribution in [1.82, 2.24) is 0 Å². The maximum atomic E-state index is 13.8. The quantitative estimate of drug-likeness (QED) is 0.0187. The molecular formula is C54H93O12Sn. The topological polar surface area (TPSA) is 158 Å². The first-order valence-electron chi connectivity index (χ1n) is 26.7. The van der Waals surface area contributed by atoms with Gasteiger partial charge in [-0.05, 0) is 0 Å². The number of ether oxygens (including phenoxy) is 3. The number of carbonyl (C=O) groups is 6. The molecule has 1 atom stereocenters. The van der Waals surface area contributed by atoms with Crippen LogP contribution in [0.3, 0.4) is 0 Å². The van der Waals surface area contributed by atoms with E-state index in [-0.39, 0.29) is 31.3 Å². The molecule has 0 saturated heterocycles. The van der Waals surface area contributed by atoms with E-state index in [0.29, 0.717) is 32.1 Å². The number of rotatable bonds is 46. The Kier molecular flexibility index (Phi) is 45.6. The summed E-state index contributed by atoms with van der Waals surface area (Å²) in [6, 6.07) is 0. The van der Waals surface area contributed by atoms with Crippen LogP contribution in [0.4, 0.5) is 0 Å². The third-order valence-corrected chi connectivity index (χ3v) is 14.6. The zero-order valence-corrected chi connectivity index (χ0v) is 45.7. The fourth-order valence-corrected chi connectivity index (χ4v) is 9.78. The minimum atomic E-state index is -4.74. The van der Waals surface area contributed by atoms with Crippen LogP contribution < -0.4 is 0 Å². The van der Waals surface area contributed by atoms with Gasteiger partial charge in [0, 0.05) is 0 Å². The van der Waals surface area contributed by atoms with Crippen LogP contribution in [0.1, 0.15) is 247 Å². The van der Waals surface area contributed by atoms with Gasteiger partial charge in [0.25, 0.3) is 0 Å². The molecule has 0 aliphatic heterocycles. The van der Waals surface area contributed by atoms with E-state index in [1.807, 2.05) is 0 Å². The molecule has 0 aromatic heterocycles. The Bertz CT molecular complexity index is 1320. The molecule has 13 heteroatoms. The maximum absolute atomic E-state index is 13.8. The van der Waals surface area contributed by atoms with Crippen molar-refractivity contribution in [3.05, 3.63) is 36.0 Å². The van der Waals surface area contributed by atoms with Gasteiger partial charge < -0.3 is 0 Å². The Balaban J connectivity index is 6.01. The van der Waals surface area contributed by atoms with Crippen LogP contribution in [-0.4, -0.2) is 76.6 Å². The van der Waals surface area contributed by atoms with Gasteiger partial charge in [0.05, 0.1) is 0 Å². The van der Waals surface area contributed by atoms with Crippen molar-refractivity contribution in [3.63, 3.8) is 0 Å². The third-order valence-electron chi connectivity index (χ3n) is 11.5. The zero-order valence-electron chi connectivity index (χ0n) is 42.8. The summed E-state index contributed by atoms with van der Waals surface area (Å²) in [6.45, 7) is 11.4. The molecule has 0 aromatic rings. The molecule has 0 aliphatic carbocycles. The summed E-state index contributed by atoms with van der Waals surface area (Å²) >= 11 is -4.74. The van der Waals surface area contributed by atoms with Gasteiger partial charge >= 0.3 is 339 Å². The van der Waals surface area contributed by atoms with Crippen molar-refractivity contribution < 1.29 is 52.2 Å². The van der Waals surface area contributed by atoms with Crippen molar-refractivity contribution in [2.24, 2.45) is 5.92 Å². The Morgan fingerprint density at radius 3 is 1.01 bits per heavy atom. The molecule has 0 N–H and O–H groups in total. The molecule has 385 valence electrons. The Morgan fingerprint density at radius 2 is 0.627 bits per heavy atom. The Morgan fingerprint density at radius 1 is 0.343 bits per heavy atom. The fourth-order valence-electron chi connectivity index (χ4n) is 7.46. The van der Waals surface area contributed by atoms with E-state index in [1.54, 1.807) is 0 Å². The van der Waals surface area contributed by atoms with Crippen LogP contribution in [-0.2, 0) is 52.2 Å². The van der Waals surface area contributed by atoms with E-state index in [4.69, 9.17) is 23.4 Å². The average molecular weight is 1050 g/mol. The van der Waals surface area contributed by atoms with Crippen molar-refractivity contribution in [1.29, 1.82) is 0 Å². The molecule has 1 unspecified atom stereocenters. The number of hydrogen-bond donors (Lipinski definition) is 0. The summed E-state index contributed by atoms with van der Waals surface area (Å²) in [5.74, 6) is -5.58. The van der Waals surface area contributed by atoms with Crippen molar-refractivity contribution >= 4 is 56.8 Å². The second-order valence-corrected chi connectivity index (χ2v) is 20.9. The molecule has 0 amide bonds. The van der Waals surface area contributed by atoms with Gasteiger partial charge in [0.15, 0.2) is 0 Å². The predicted molar refractivity (Wildman–Crippen MR) is 267 cm³/mol. The molecule has 1 radical (unpaired) electrons. The predicted octanol–water partition coefficient (Wildman–Crippen LogP) is 13.9. The normalized spacial score (nSPS) is 12.1. The molecule has 0 saturated carbocycles. The second kappa shape index (κ2) is 47.9. The van der Waals surface area contributed by atoms with E-state index in [2.05, 4.69) is 34.6 Å². The number of esters is 3. The number of carbonyl (C=O) groups excluding carboxylic acids is 6. The van der Waals surface area contributed by atoms with Gasteiger partial charge in [-0.25, -0.2) is 0 Å². The second-order valence-electron chi connectivity index (χ2n) is 17.7. The van der Waals surface area contributed by atoms with Crippen LogP contribution in [0.2, 0.25) is 0 Å². The van der Waals surface area contributed by atoms with Crippen molar-refractivity contribution in [2.45, 2.75) is 247 Å². The number of hydrogen-bond acceptors (Lipinski definition) is 12. The SMILES string of the molecule is CCCCCCCCCCOC(=O)/C=C\C(=O)[O][Sn]([O]C(=O)/C=C\C(=O)OCCCCCCCCCC)[O]C(=O)/C=C(\C(=O)OCCCCCCCCCC)C(CCCCC)CCCCCC. The summed E-state index contributed by atoms with van der Waals surface area (Å²) in [6.07, 6.45) is 38.6. The van der Waals surface area contributed by atoms with Crippen LogP contribution >= 0.6 is 0 Å². The standard InChI is InChI=1S/C26H48O4.2C14H24O4.Sn/c1-4-7-10-12-13-14-15-18-21-30-26(29)24(22-25(27)28)23(19-16-9-6-3)20-17-11-8-5-2;2*1-2-3-4-5-6-7-8-9-12-18-14(17)11-10-13(15)16;/h22-23H,4-21H2,1-3H3,(H,27,28);2*10-11H,2-9,12H2,1H3,(H,15,16);/q;;;+3/p-3/b24-22-;2*11-10-;. The molecule has 12 nitrogen and oxygen atoms in total. The van der Waals surface area contributed by atoms with Gasteiger partial charge in [-0.15, -0.1) is 0 Å². The van der Waals surface area contributed by atoms with E-state index >= 15 is 0 Å². The Hall–Kier alpha value is -3.16. The molecule has 0 fully saturated rings. The van der Waals surface area contributed by atoms with Crippen LogP contribution in [0.5, 0.6) is 0 Å². The van der Waals surface area contributed by atoms with Gasteiger partial charge in [-0.3, -0.25) is 0 Å². The monoisotopic (exact) mass is 1050 g/mol. The molecule has 0 aromatic carbocycles. The van der Waals surface area contributed by atoms with E-state index in [0.717, 1.165) is 133 Å². The molecule has 0 heterocycles. The summed E-state index contributed by atoms with van der Waals surface area (Å²) < 4.78 is 32.5. The Labute approximate surface area is 415 Å². The van der Waals surface area contributed by atoms with Crippen molar-refractivity contribution in [3.8, 4) is 0 Å². The van der Waals surface area contributed by atoms with Gasteiger partial charge in [0.2, 0.25) is 0 Å². The molecule has 0 bridgehead atoms. The summed E-state index contributed by atoms with van der Waals surface area (Å²) in [5.41, 5.74) is 0.177.